The molecule has 0 bridgehead atoms. The molecule has 6 aromatic heterocycles. The van der Waals surface area contributed by atoms with Crippen molar-refractivity contribution < 1.29 is 25.7 Å². The molecule has 2 aromatic carbocycles. The Morgan fingerprint density at radius 3 is 1.64 bits per heavy atom. The molecule has 0 unspecified atom stereocenters. The third kappa shape index (κ3) is 11.9. The molecule has 366 valence electrons. The number of hydrogen-bond donors (Lipinski definition) is 6. The van der Waals surface area contributed by atoms with E-state index in [-0.39, 0.29) is 29.8 Å². The number of terminal acetylenes is 1. The summed E-state index contributed by atoms with van der Waals surface area (Å²) < 4.78 is 9.65. The number of carboxylic acid groups (broad SMARTS) is 1. The number of aromatic nitrogens is 8. The van der Waals surface area contributed by atoms with Crippen LogP contribution in [0.15, 0.2) is 122 Å². The minimum absolute atomic E-state index is 0.191. The van der Waals surface area contributed by atoms with Crippen molar-refractivity contribution in [3.8, 4) is 59.0 Å². The second-order valence-electron chi connectivity index (χ2n) is 16.1. The summed E-state index contributed by atoms with van der Waals surface area (Å²) in [5, 5.41) is 16.8. The molecule has 2 aliphatic heterocycles. The highest BCUT2D eigenvalue weighted by atomic mass is 16.4. The number of nitrogen functional groups attached to an aromatic ring is 2. The molecule has 8 heterocycles. The molecule has 8 N–H and O–H groups in total. The molecule has 2 saturated heterocycles. The van der Waals surface area contributed by atoms with Gasteiger partial charge in [0.15, 0.2) is 0 Å². The molecule has 3 amide bonds. The molecule has 0 radical (unpaired) electrons. The first-order valence-electron chi connectivity index (χ1n) is 23.4. The Kier molecular flexibility index (Phi) is 16.3. The number of pyridine rings is 2. The van der Waals surface area contributed by atoms with Crippen molar-refractivity contribution in [2.75, 3.05) is 35.2 Å². The van der Waals surface area contributed by atoms with Crippen molar-refractivity contribution in [1.29, 1.82) is 0 Å². The van der Waals surface area contributed by atoms with Gasteiger partial charge in [0, 0.05) is 71.9 Å². The van der Waals surface area contributed by atoms with Gasteiger partial charge in [0.1, 0.15) is 58.7 Å². The van der Waals surface area contributed by atoms with Crippen molar-refractivity contribution in [3.05, 3.63) is 145 Å². The van der Waals surface area contributed by atoms with Gasteiger partial charge in [0.2, 0.25) is 0 Å². The lowest BCUT2D eigenvalue weighted by Gasteiger charge is -2.21. The van der Waals surface area contributed by atoms with E-state index in [0.29, 0.717) is 58.0 Å². The van der Waals surface area contributed by atoms with Gasteiger partial charge >= 0.3 is 5.97 Å². The molecule has 2 fully saturated rings. The minimum atomic E-state index is -1.07. The first kappa shape index (κ1) is 49.5. The number of carboxylic acids is 1. The van der Waals surface area contributed by atoms with Crippen LogP contribution in [0.1, 0.15) is 85.3 Å². The Morgan fingerprint density at radius 2 is 1.21 bits per heavy atom. The summed E-state index contributed by atoms with van der Waals surface area (Å²) in [4.78, 5) is 75.5. The number of rotatable bonds is 8. The van der Waals surface area contributed by atoms with Gasteiger partial charge in [-0.25, -0.2) is 34.7 Å². The summed E-state index contributed by atoms with van der Waals surface area (Å²) >= 11 is 0. The predicted molar refractivity (Wildman–Crippen MR) is 278 cm³/mol. The van der Waals surface area contributed by atoms with Gasteiger partial charge in [-0.3, -0.25) is 23.2 Å². The van der Waals surface area contributed by atoms with Gasteiger partial charge in [0.05, 0.1) is 12.1 Å². The maximum atomic E-state index is 12.6. The van der Waals surface area contributed by atoms with Crippen LogP contribution in [0, 0.1) is 36.5 Å². The molecule has 2 aliphatic rings. The predicted octanol–water partition coefficient (Wildman–Crippen LogP) is 6.71. The van der Waals surface area contributed by atoms with E-state index in [4.69, 9.17) is 27.9 Å². The Bertz CT molecular complexity index is 3460. The fourth-order valence-corrected chi connectivity index (χ4v) is 8.34. The van der Waals surface area contributed by atoms with E-state index < -0.39 is 5.97 Å². The first-order chi connectivity index (χ1) is 36.0. The largest absolute Gasteiger partial charge is 0.472 e. The van der Waals surface area contributed by atoms with Crippen LogP contribution in [0.25, 0.3) is 33.5 Å². The summed E-state index contributed by atoms with van der Waals surface area (Å²) in [5.41, 5.74) is 18.0. The number of hydrogen-bond acceptors (Lipinski definition) is 13. The summed E-state index contributed by atoms with van der Waals surface area (Å²) in [7, 11) is 0. The zero-order valence-corrected chi connectivity index (χ0v) is 39.8. The average Bonchev–Trinajstić information content (AvgIpc) is 4.25. The van der Waals surface area contributed by atoms with Gasteiger partial charge < -0.3 is 37.4 Å². The van der Waals surface area contributed by atoms with Crippen molar-refractivity contribution in [2.45, 2.75) is 51.6 Å². The number of anilines is 4. The van der Waals surface area contributed by atoms with E-state index in [1.165, 1.54) is 13.3 Å². The van der Waals surface area contributed by atoms with Crippen LogP contribution in [0.4, 0.5) is 23.3 Å². The lowest BCUT2D eigenvalue weighted by molar-refractivity contribution is -0.130. The first-order valence-corrected chi connectivity index (χ1v) is 22.9. The number of nitrogens with one attached hydrogen (secondary N) is 3. The smallest absolute Gasteiger partial charge is 0.381 e. The Labute approximate surface area is 422 Å². The Morgan fingerprint density at radius 1 is 0.699 bits per heavy atom. The third-order valence-electron chi connectivity index (χ3n) is 11.5. The molecular weight excluding hydrogens is 925 g/mol. The van der Waals surface area contributed by atoms with E-state index >= 15 is 0 Å². The van der Waals surface area contributed by atoms with Crippen LogP contribution in [-0.2, 0) is 9.59 Å². The quantitative estimate of drug-likeness (QED) is 0.0865. The van der Waals surface area contributed by atoms with Gasteiger partial charge in [-0.1, -0.05) is 48.2 Å². The number of carbonyl (C=O) groups is 4. The number of likely N-dealkylation sites (tertiary alicyclic amines) is 1. The highest BCUT2D eigenvalue weighted by molar-refractivity contribution is 6.05. The molecule has 73 heavy (non-hydrogen) atoms. The van der Waals surface area contributed by atoms with Crippen LogP contribution >= 0.6 is 0 Å². The maximum absolute atomic E-state index is 12.6. The van der Waals surface area contributed by atoms with E-state index in [1.54, 1.807) is 97.4 Å². The number of amides is 3. The highest BCUT2D eigenvalue weighted by Gasteiger charge is 2.34. The highest BCUT2D eigenvalue weighted by Crippen LogP contribution is 2.37. The van der Waals surface area contributed by atoms with E-state index in [0.717, 1.165) is 60.4 Å². The van der Waals surface area contributed by atoms with Gasteiger partial charge in [0.25, 0.3) is 17.7 Å². The Hall–Kier alpha value is -9.90. The summed E-state index contributed by atoms with van der Waals surface area (Å²) in [5.74, 6) is 11.1. The van der Waals surface area contributed by atoms with Crippen LogP contribution in [0.3, 0.4) is 0 Å². The van der Waals surface area contributed by atoms with E-state index in [2.05, 4.69) is 60.1 Å². The molecule has 0 saturated carbocycles. The number of nitrogens with two attached hydrogens (primary N) is 2. The fourth-order valence-electron chi connectivity index (χ4n) is 8.34. The molecule has 0 aliphatic carbocycles. The van der Waals surface area contributed by atoms with E-state index in [1.807, 2.05) is 51.3 Å². The average molecular weight is 976 g/mol. The number of carbonyl (C=O) groups excluding carboxylic acids is 3. The maximum Gasteiger partial charge on any atom is 0.381 e. The van der Waals surface area contributed by atoms with Gasteiger partial charge in [-0.2, -0.15) is 0 Å². The van der Waals surface area contributed by atoms with Crippen molar-refractivity contribution in [3.63, 3.8) is 0 Å². The number of aliphatic carboxylic acids is 1. The number of imidazole rings is 2. The minimum Gasteiger partial charge on any atom is -0.472 e. The van der Waals surface area contributed by atoms with Crippen molar-refractivity contribution in [2.24, 2.45) is 0 Å². The SMILES string of the molecule is CC#CC(=O)N1CCC[C@H]1c1nc(-c2ccc(C(=O)Nc3ccccn3)cc2)c2c(N)nccn12.CC#CC(=O)O.Nc1nccn2c([C@@H]3CCCN3)nc(-c3ccc(C(=O)Nc4ccccn4)cc3)c12.[2H]C#C. The monoisotopic (exact) mass is 975 g/mol. The van der Waals surface area contributed by atoms with Crippen LogP contribution in [0.2, 0.25) is 0 Å². The molecular formula is C54H50N14O5. The van der Waals surface area contributed by atoms with E-state index in [9.17, 15) is 19.2 Å². The summed E-state index contributed by atoms with van der Waals surface area (Å²) in [6, 6.07) is 25.1. The molecule has 10 rings (SSSR count). The second-order valence-corrected chi connectivity index (χ2v) is 16.1. The van der Waals surface area contributed by atoms with Crippen molar-refractivity contribution in [1.82, 2.24) is 48.9 Å². The molecule has 2 atom stereocenters. The third-order valence-corrected chi connectivity index (χ3v) is 11.5. The lowest BCUT2D eigenvalue weighted by atomic mass is 10.1. The number of benzene rings is 2. The fraction of sp³-hybridized carbons (Fsp3) is 0.185. The molecule has 19 heteroatoms. The molecule has 8 aromatic rings. The summed E-state index contributed by atoms with van der Waals surface area (Å²) in [6.45, 7) is 4.74. The van der Waals surface area contributed by atoms with Gasteiger partial charge in [-0.15, -0.1) is 12.8 Å². The second kappa shape index (κ2) is 24.1. The zero-order valence-electron chi connectivity index (χ0n) is 40.8. The van der Waals surface area contributed by atoms with Crippen LogP contribution in [-0.4, -0.2) is 85.5 Å². The van der Waals surface area contributed by atoms with Gasteiger partial charge in [-0.05, 0) is 101 Å². The zero-order chi connectivity index (χ0) is 52.6. The standard InChI is InChI=1S/C26H23N7O2.C22H21N7O.C4H4O2.C2H2/c1-2-6-21(34)32-15-5-7-19(32)25-31-22(23-24(27)29-14-16-33(23)25)17-9-11-18(12-10-17)26(35)30-20-8-3-4-13-28-20;23-20-19-18(28-21(16-4-3-11-24-16)29(19)13-12-26-20)14-6-8-15(9-7-14)22(30)27-17-5-1-2-10-25-17;1-2-3-4(5)6;1-2/h3-4,8-14,16,19H,5,7,15H2,1H3,(H2,27,29)(H,28,30,35);1-2,5-10,12-13,16,24H,3-4,11H2,(H2,23,26)(H,25,27,30);1H3,(H,5,6);1-2H/t19-;16-;;/m00../s1/i;;;1D. The molecule has 19 nitrogen and oxygen atoms in total. The van der Waals surface area contributed by atoms with Crippen molar-refractivity contribution >= 4 is 58.0 Å². The summed E-state index contributed by atoms with van der Waals surface area (Å²) in [6.07, 6.45) is 19.8. The lowest BCUT2D eigenvalue weighted by Crippen LogP contribution is -2.30. The topological polar surface area (TPSA) is 266 Å². The number of fused-ring (bicyclic) bond motifs is 2. The van der Waals surface area contributed by atoms with Crippen LogP contribution in [0.5, 0.6) is 0 Å². The number of nitrogens with zero attached hydrogens (tertiary/aromatic N) is 9. The van der Waals surface area contributed by atoms with Crippen LogP contribution < -0.4 is 27.4 Å². The Balaban J connectivity index is 0.000000187. The normalized spacial score (nSPS) is 14.4. The molecule has 0 spiro atoms.